The van der Waals surface area contributed by atoms with Crippen molar-refractivity contribution >= 4 is 5.90 Å². The van der Waals surface area contributed by atoms with Crippen LogP contribution in [0, 0.1) is 5.92 Å². The summed E-state index contributed by atoms with van der Waals surface area (Å²) >= 11 is 0. The minimum atomic E-state index is -0.379. The predicted octanol–water partition coefficient (Wildman–Crippen LogP) is 1.98. The zero-order chi connectivity index (χ0) is 11.4. The van der Waals surface area contributed by atoms with E-state index in [9.17, 15) is 0 Å². The first-order chi connectivity index (χ1) is 7.73. The third-order valence-corrected chi connectivity index (χ3v) is 3.38. The first kappa shape index (κ1) is 11.9. The van der Waals surface area contributed by atoms with Gasteiger partial charge in [0.25, 0.3) is 0 Å². The molecule has 2 heterocycles. The molecule has 0 amide bonds. The van der Waals surface area contributed by atoms with Crippen LogP contribution in [-0.4, -0.2) is 38.6 Å². The molecule has 0 radical (unpaired) electrons. The quantitative estimate of drug-likeness (QED) is 0.740. The fourth-order valence-corrected chi connectivity index (χ4v) is 2.42. The molecule has 1 saturated heterocycles. The summed E-state index contributed by atoms with van der Waals surface area (Å²) in [5.41, 5.74) is 0. The minimum absolute atomic E-state index is 0.379. The molecule has 16 heavy (non-hydrogen) atoms. The fourth-order valence-electron chi connectivity index (χ4n) is 2.42. The normalized spacial score (nSPS) is 28.9. The second-order valence-corrected chi connectivity index (χ2v) is 4.63. The molecule has 0 bridgehead atoms. The maximum absolute atomic E-state index is 5.60. The third kappa shape index (κ3) is 2.74. The molecule has 1 atom stereocenters. The Bertz CT molecular complexity index is 259. The molecule has 0 aliphatic carbocycles. The molecule has 4 nitrogen and oxygen atoms in total. The smallest absolute Gasteiger partial charge is 0.186 e. The maximum Gasteiger partial charge on any atom is 0.186 e. The summed E-state index contributed by atoms with van der Waals surface area (Å²) in [7, 11) is 1.71. The number of aliphatic imine (C=N–C) groups is 1. The Balaban J connectivity index is 1.84. The lowest BCUT2D eigenvalue weighted by Crippen LogP contribution is -2.29. The van der Waals surface area contributed by atoms with E-state index < -0.39 is 0 Å². The average molecular weight is 227 g/mol. The van der Waals surface area contributed by atoms with Crippen molar-refractivity contribution in [2.75, 3.05) is 26.9 Å². The van der Waals surface area contributed by atoms with E-state index in [0.717, 1.165) is 31.7 Å². The molecule has 0 aromatic heterocycles. The Morgan fingerprint density at radius 1 is 1.44 bits per heavy atom. The number of ether oxygens (including phenoxy) is 3. The molecule has 0 aromatic carbocycles. The van der Waals surface area contributed by atoms with Gasteiger partial charge in [-0.2, -0.15) is 0 Å². The van der Waals surface area contributed by atoms with Crippen LogP contribution < -0.4 is 0 Å². The van der Waals surface area contributed by atoms with Gasteiger partial charge in [0.2, 0.25) is 0 Å². The molecule has 1 fully saturated rings. The van der Waals surface area contributed by atoms with Gasteiger partial charge in [-0.05, 0) is 26.2 Å². The van der Waals surface area contributed by atoms with Crippen molar-refractivity contribution in [2.24, 2.45) is 10.9 Å². The average Bonchev–Trinajstić information content (AvgIpc) is 2.74. The topological polar surface area (TPSA) is 40.0 Å². The summed E-state index contributed by atoms with van der Waals surface area (Å²) in [4.78, 5) is 4.41. The zero-order valence-electron chi connectivity index (χ0n) is 10.2. The van der Waals surface area contributed by atoms with E-state index in [4.69, 9.17) is 14.2 Å². The Morgan fingerprint density at radius 2 is 2.19 bits per heavy atom. The van der Waals surface area contributed by atoms with Crippen LogP contribution in [0.4, 0.5) is 0 Å². The van der Waals surface area contributed by atoms with Crippen LogP contribution in [0.2, 0.25) is 0 Å². The first-order valence-electron chi connectivity index (χ1n) is 6.10. The molecular weight excluding hydrogens is 206 g/mol. The SMILES string of the molecule is COC1=NCCC[C@@H]1CCC1(C)OCCO1. The van der Waals surface area contributed by atoms with Gasteiger partial charge in [0, 0.05) is 18.9 Å². The van der Waals surface area contributed by atoms with Gasteiger partial charge in [-0.3, -0.25) is 4.99 Å². The maximum atomic E-state index is 5.60. The van der Waals surface area contributed by atoms with E-state index in [1.54, 1.807) is 7.11 Å². The fraction of sp³-hybridized carbons (Fsp3) is 0.917. The number of rotatable bonds is 3. The van der Waals surface area contributed by atoms with Crippen LogP contribution in [0.15, 0.2) is 4.99 Å². The van der Waals surface area contributed by atoms with Crippen LogP contribution in [-0.2, 0) is 14.2 Å². The van der Waals surface area contributed by atoms with E-state index >= 15 is 0 Å². The van der Waals surface area contributed by atoms with E-state index in [-0.39, 0.29) is 5.79 Å². The van der Waals surface area contributed by atoms with Crippen molar-refractivity contribution in [3.05, 3.63) is 0 Å². The van der Waals surface area contributed by atoms with E-state index in [1.165, 1.54) is 6.42 Å². The third-order valence-electron chi connectivity index (χ3n) is 3.38. The van der Waals surface area contributed by atoms with Crippen LogP contribution in [0.5, 0.6) is 0 Å². The number of hydrogen-bond donors (Lipinski definition) is 0. The molecule has 2 aliphatic rings. The van der Waals surface area contributed by atoms with Crippen molar-refractivity contribution < 1.29 is 14.2 Å². The second-order valence-electron chi connectivity index (χ2n) is 4.63. The monoisotopic (exact) mass is 227 g/mol. The molecule has 0 aromatic rings. The Morgan fingerprint density at radius 3 is 2.88 bits per heavy atom. The zero-order valence-corrected chi connectivity index (χ0v) is 10.2. The van der Waals surface area contributed by atoms with Crippen molar-refractivity contribution in [1.29, 1.82) is 0 Å². The highest BCUT2D eigenvalue weighted by Gasteiger charge is 2.32. The molecule has 0 saturated carbocycles. The van der Waals surface area contributed by atoms with Crippen molar-refractivity contribution in [3.63, 3.8) is 0 Å². The van der Waals surface area contributed by atoms with Gasteiger partial charge >= 0.3 is 0 Å². The lowest BCUT2D eigenvalue weighted by atomic mass is 9.93. The molecular formula is C12H21NO3. The molecule has 2 aliphatic heterocycles. The van der Waals surface area contributed by atoms with Crippen molar-refractivity contribution in [3.8, 4) is 0 Å². The summed E-state index contributed by atoms with van der Waals surface area (Å²) in [5, 5.41) is 0. The summed E-state index contributed by atoms with van der Waals surface area (Å²) < 4.78 is 16.5. The standard InChI is InChI=1S/C12H21NO3/c1-12(15-8-9-16-12)6-5-10-4-3-7-13-11(10)14-2/h10H,3-9H2,1-2H3/t10-/m1/s1. The highest BCUT2D eigenvalue weighted by atomic mass is 16.7. The van der Waals surface area contributed by atoms with E-state index in [1.807, 2.05) is 6.92 Å². The van der Waals surface area contributed by atoms with Crippen LogP contribution in [0.3, 0.4) is 0 Å². The summed E-state index contributed by atoms with van der Waals surface area (Å²) in [5.74, 6) is 0.979. The van der Waals surface area contributed by atoms with Gasteiger partial charge in [-0.1, -0.05) is 0 Å². The molecule has 0 unspecified atom stereocenters. The molecule has 4 heteroatoms. The van der Waals surface area contributed by atoms with Crippen LogP contribution in [0.25, 0.3) is 0 Å². The highest BCUT2D eigenvalue weighted by Crippen LogP contribution is 2.29. The predicted molar refractivity (Wildman–Crippen MR) is 61.6 cm³/mol. The van der Waals surface area contributed by atoms with Crippen LogP contribution >= 0.6 is 0 Å². The second kappa shape index (κ2) is 5.15. The molecule has 0 N–H and O–H groups in total. The number of methoxy groups -OCH3 is 1. The lowest BCUT2D eigenvalue weighted by molar-refractivity contribution is -0.148. The van der Waals surface area contributed by atoms with E-state index in [0.29, 0.717) is 19.1 Å². The minimum Gasteiger partial charge on any atom is -0.484 e. The largest absolute Gasteiger partial charge is 0.484 e. The molecule has 2 rings (SSSR count). The Hall–Kier alpha value is -0.610. The van der Waals surface area contributed by atoms with E-state index in [2.05, 4.69) is 4.99 Å². The Kier molecular flexibility index (Phi) is 3.82. The first-order valence-corrected chi connectivity index (χ1v) is 6.10. The number of hydrogen-bond acceptors (Lipinski definition) is 4. The summed E-state index contributed by atoms with van der Waals surface area (Å²) in [6, 6.07) is 0. The van der Waals surface area contributed by atoms with Gasteiger partial charge in [-0.15, -0.1) is 0 Å². The highest BCUT2D eigenvalue weighted by molar-refractivity contribution is 5.79. The van der Waals surface area contributed by atoms with Crippen molar-refractivity contribution in [1.82, 2.24) is 0 Å². The summed E-state index contributed by atoms with van der Waals surface area (Å²) in [6.45, 7) is 4.36. The van der Waals surface area contributed by atoms with Crippen molar-refractivity contribution in [2.45, 2.75) is 38.4 Å². The van der Waals surface area contributed by atoms with Gasteiger partial charge in [0.1, 0.15) is 0 Å². The Labute approximate surface area is 97.0 Å². The lowest BCUT2D eigenvalue weighted by Gasteiger charge is -2.27. The van der Waals surface area contributed by atoms with Gasteiger partial charge in [-0.25, -0.2) is 0 Å². The van der Waals surface area contributed by atoms with Gasteiger partial charge < -0.3 is 14.2 Å². The summed E-state index contributed by atoms with van der Waals surface area (Å²) in [6.07, 6.45) is 4.28. The van der Waals surface area contributed by atoms with Gasteiger partial charge in [0.05, 0.1) is 20.3 Å². The molecule has 0 spiro atoms. The van der Waals surface area contributed by atoms with Crippen LogP contribution in [0.1, 0.15) is 32.6 Å². The molecule has 92 valence electrons. The number of nitrogens with zero attached hydrogens (tertiary/aromatic N) is 1. The van der Waals surface area contributed by atoms with Gasteiger partial charge in [0.15, 0.2) is 11.7 Å².